The van der Waals surface area contributed by atoms with Gasteiger partial charge in [-0.15, -0.1) is 0 Å². The van der Waals surface area contributed by atoms with Crippen LogP contribution >= 0.6 is 21.6 Å². The van der Waals surface area contributed by atoms with Crippen LogP contribution in [-0.2, 0) is 56.1 Å². The number of Topliss-reactive ketones (excluding diaryl/α,β-unsaturated/α-hetero) is 2. The summed E-state index contributed by atoms with van der Waals surface area (Å²) in [6, 6.07) is 9.17. The number of anilines is 2. The molecule has 4 amide bonds. The lowest BCUT2D eigenvalue weighted by molar-refractivity contribution is -0.142. The molecule has 0 spiro atoms. The zero-order valence-electron chi connectivity index (χ0n) is 39.9. The number of aromatic amines is 1. The van der Waals surface area contributed by atoms with Crippen molar-refractivity contribution in [2.24, 2.45) is 11.7 Å². The summed E-state index contributed by atoms with van der Waals surface area (Å²) < 4.78 is 22.1. The maximum absolute atomic E-state index is 13.7. The number of allylic oxidation sites excluding steroid dienone is 2. The first-order chi connectivity index (χ1) is 35.3. The van der Waals surface area contributed by atoms with Gasteiger partial charge in [-0.2, -0.15) is 4.98 Å². The molecule has 1 aliphatic carbocycles. The number of hydrogen-bond donors (Lipinski definition) is 8. The molecule has 0 unspecified atom stereocenters. The lowest BCUT2D eigenvalue weighted by atomic mass is 9.82. The van der Waals surface area contributed by atoms with Crippen molar-refractivity contribution in [3.8, 4) is 0 Å². The first kappa shape index (κ1) is 53.6. The van der Waals surface area contributed by atoms with E-state index in [9.17, 15) is 53.4 Å². The van der Waals surface area contributed by atoms with Crippen molar-refractivity contribution in [3.05, 3.63) is 105 Å². The summed E-state index contributed by atoms with van der Waals surface area (Å²) in [5, 5.41) is 27.5. The molecule has 10 N–H and O–H groups in total. The number of rotatable bonds is 21. The van der Waals surface area contributed by atoms with Crippen LogP contribution in [0.5, 0.6) is 0 Å². The molecule has 1 fully saturated rings. The van der Waals surface area contributed by atoms with Crippen LogP contribution in [0.4, 0.5) is 21.2 Å². The largest absolute Gasteiger partial charge is 0.492 e. The van der Waals surface area contributed by atoms with E-state index in [2.05, 4.69) is 35.9 Å². The average Bonchev–Trinajstić information content (AvgIpc) is 3.83. The van der Waals surface area contributed by atoms with E-state index in [1.54, 1.807) is 43.3 Å². The average molecular weight is 1060 g/mol. The number of methoxy groups -OCH3 is 2. The number of fused-ring (bicyclic) bond motifs is 3. The number of nitrogens with zero attached hydrogens (tertiary/aromatic N) is 5. The second kappa shape index (κ2) is 22.7. The minimum atomic E-state index is -1.54. The molecule has 7 rings (SSSR count). The molecule has 0 radical (unpaired) electrons. The number of aromatic nitrogens is 4. The minimum absolute atomic E-state index is 0.0113. The zero-order chi connectivity index (χ0) is 53.6. The molecule has 0 bridgehead atoms. The van der Waals surface area contributed by atoms with Crippen molar-refractivity contribution in [1.29, 1.82) is 0 Å². The van der Waals surface area contributed by atoms with Gasteiger partial charge in [0.2, 0.25) is 23.4 Å². The van der Waals surface area contributed by atoms with Crippen LogP contribution in [0.3, 0.4) is 0 Å². The number of nitrogen functional groups attached to an aromatic ring is 1. The molecule has 0 saturated carbocycles. The molecular weight excluding hydrogens is 1010 g/mol. The number of amides is 4. The van der Waals surface area contributed by atoms with Crippen LogP contribution in [0.25, 0.3) is 11.2 Å². The summed E-state index contributed by atoms with van der Waals surface area (Å²) in [4.78, 5) is 133. The van der Waals surface area contributed by atoms with Crippen molar-refractivity contribution in [1.82, 2.24) is 40.4 Å². The van der Waals surface area contributed by atoms with E-state index in [0.29, 0.717) is 21.8 Å². The summed E-state index contributed by atoms with van der Waals surface area (Å²) in [6.07, 6.45) is -1.22. The number of ketones is 2. The molecule has 5 atom stereocenters. The quantitative estimate of drug-likeness (QED) is 0.0436. The Bertz CT molecular complexity index is 3040. The monoisotopic (exact) mass is 1060 g/mol. The first-order valence-corrected chi connectivity index (χ1v) is 24.7. The lowest BCUT2D eigenvalue weighted by Crippen LogP contribution is -2.56. The second-order valence-electron chi connectivity index (χ2n) is 16.8. The molecule has 2 aromatic heterocycles. The Morgan fingerprint density at radius 2 is 1.65 bits per heavy atom. The molecule has 3 aliphatic rings. The van der Waals surface area contributed by atoms with Crippen molar-refractivity contribution in [2.75, 3.05) is 44.3 Å². The van der Waals surface area contributed by atoms with E-state index >= 15 is 0 Å². The molecule has 4 heterocycles. The van der Waals surface area contributed by atoms with Crippen molar-refractivity contribution in [3.63, 3.8) is 0 Å². The van der Waals surface area contributed by atoms with Crippen LogP contribution in [0, 0.1) is 5.92 Å². The SMILES string of the molecule is COC1=C(C)C(=O)C2=C(C1=O)[C@@H](COC(N)=O)[C@@]1(OC)[C@H](C)N(C(=O)OCc3ccc(SSC[C@H](NC(=O)CC[C@H](NC(=O)c4ccc(NCc5cnc6nc(N)[nH]c(=O)c6n5)cc4)C(=O)O)C(=O)O)cc3)CN21. The molecule has 390 valence electrons. The molecule has 26 nitrogen and oxygen atoms in total. The summed E-state index contributed by atoms with van der Waals surface area (Å²) in [6.45, 7) is 2.42. The van der Waals surface area contributed by atoms with E-state index in [4.69, 9.17) is 30.4 Å². The number of carboxylic acids is 2. The van der Waals surface area contributed by atoms with Crippen LogP contribution in [0.15, 0.2) is 87.0 Å². The fourth-order valence-electron chi connectivity index (χ4n) is 8.66. The Kier molecular flexibility index (Phi) is 16.4. The van der Waals surface area contributed by atoms with Crippen LogP contribution < -0.4 is 33.0 Å². The van der Waals surface area contributed by atoms with E-state index in [-0.39, 0.29) is 77.3 Å². The van der Waals surface area contributed by atoms with E-state index < -0.39 is 95.9 Å². The van der Waals surface area contributed by atoms with Gasteiger partial charge in [0.25, 0.3) is 11.5 Å². The summed E-state index contributed by atoms with van der Waals surface area (Å²) in [5.74, 6) is -6.69. The minimum Gasteiger partial charge on any atom is -0.492 e. The number of carbonyl (C=O) groups excluding carboxylic acids is 6. The third kappa shape index (κ3) is 11.2. The highest BCUT2D eigenvalue weighted by molar-refractivity contribution is 8.76. The molecule has 2 aliphatic heterocycles. The smallest absolute Gasteiger partial charge is 0.411 e. The topological polar surface area (TPSA) is 380 Å². The Hall–Kier alpha value is -8.24. The molecule has 2 aromatic carbocycles. The molecular formula is C46H49N11O15S2. The zero-order valence-corrected chi connectivity index (χ0v) is 41.5. The van der Waals surface area contributed by atoms with Crippen LogP contribution in [0.2, 0.25) is 0 Å². The Labute approximate surface area is 427 Å². The second-order valence-corrected chi connectivity index (χ2v) is 19.2. The fraction of sp³-hybridized carbons (Fsp3) is 0.348. The Balaban J connectivity index is 0.856. The molecule has 28 heteroatoms. The number of nitrogens with one attached hydrogen (secondary N) is 4. The number of H-pyrrole nitrogens is 1. The lowest BCUT2D eigenvalue weighted by Gasteiger charge is -2.40. The predicted octanol–water partition coefficient (Wildman–Crippen LogP) is 1.87. The predicted molar refractivity (Wildman–Crippen MR) is 262 cm³/mol. The summed E-state index contributed by atoms with van der Waals surface area (Å²) >= 11 is 0. The van der Waals surface area contributed by atoms with E-state index in [1.807, 2.05) is 0 Å². The standard InChI is InChI=1S/C46H49N11O15S2/c1-21-35(59)34-32(36(60)37(21)69-3)28(18-71-44(48)67)46(70-4)22(2)56(20-57(34)46)45(68)72-17-23-5-11-27(12-6-23)74-73-19-30(42(65)66)52-31(58)14-13-29(41(63)64)53-39(61)24-7-9-25(10-8-24)49-15-26-16-50-38-33(51-26)40(62)55-43(47)54-38/h5-12,16,22,28-30,49H,13-15,17-20H2,1-4H3,(H2,48,67)(H,52,58)(H,53,61)(H,63,64)(H,65,66)(H3,47,50,54,55,62)/t22-,28+,29-,30-,46-/m0/s1. The van der Waals surface area contributed by atoms with E-state index in [1.165, 1.54) is 60.1 Å². The normalized spacial score (nSPS) is 18.9. The molecule has 4 aromatic rings. The summed E-state index contributed by atoms with van der Waals surface area (Å²) in [5.41, 5.74) is 10.6. The third-order valence-electron chi connectivity index (χ3n) is 12.3. The fourth-order valence-corrected chi connectivity index (χ4v) is 10.8. The van der Waals surface area contributed by atoms with E-state index in [0.717, 1.165) is 10.8 Å². The maximum Gasteiger partial charge on any atom is 0.411 e. The highest BCUT2D eigenvalue weighted by atomic mass is 33.1. The van der Waals surface area contributed by atoms with Gasteiger partial charge >= 0.3 is 24.1 Å². The van der Waals surface area contributed by atoms with Crippen molar-refractivity contribution in [2.45, 2.75) is 68.6 Å². The van der Waals surface area contributed by atoms with Gasteiger partial charge < -0.3 is 61.5 Å². The maximum atomic E-state index is 13.7. The van der Waals surface area contributed by atoms with Crippen molar-refractivity contribution >= 4 is 91.9 Å². The number of hydrogen-bond acceptors (Lipinski definition) is 21. The molecule has 74 heavy (non-hydrogen) atoms. The van der Waals surface area contributed by atoms with Gasteiger partial charge in [0, 0.05) is 46.6 Å². The van der Waals surface area contributed by atoms with Gasteiger partial charge in [0.05, 0.1) is 49.9 Å². The number of carbonyl (C=O) groups is 8. The van der Waals surface area contributed by atoms with Gasteiger partial charge in [-0.25, -0.2) is 29.1 Å². The Morgan fingerprint density at radius 1 is 0.946 bits per heavy atom. The number of ether oxygens (including phenoxy) is 4. The highest BCUT2D eigenvalue weighted by Crippen LogP contribution is 2.53. The van der Waals surface area contributed by atoms with Crippen LogP contribution in [0.1, 0.15) is 48.3 Å². The van der Waals surface area contributed by atoms with Gasteiger partial charge in [0.15, 0.2) is 22.6 Å². The van der Waals surface area contributed by atoms with Gasteiger partial charge in [-0.3, -0.25) is 33.9 Å². The third-order valence-corrected chi connectivity index (χ3v) is 14.7. The van der Waals surface area contributed by atoms with Crippen molar-refractivity contribution < 1.29 is 67.5 Å². The highest BCUT2D eigenvalue weighted by Gasteiger charge is 2.67. The number of carboxylic acid groups (broad SMARTS) is 2. The number of aliphatic carboxylic acids is 2. The van der Waals surface area contributed by atoms with Gasteiger partial charge in [-0.05, 0) is 62.2 Å². The van der Waals surface area contributed by atoms with Gasteiger partial charge in [-0.1, -0.05) is 33.7 Å². The van der Waals surface area contributed by atoms with Gasteiger partial charge in [0.1, 0.15) is 25.3 Å². The first-order valence-electron chi connectivity index (χ1n) is 22.3. The molecule has 1 saturated heterocycles. The number of nitrogens with two attached hydrogens (primary N) is 2. The number of benzene rings is 2. The van der Waals surface area contributed by atoms with Crippen LogP contribution in [-0.4, -0.2) is 145 Å². The Morgan fingerprint density at radius 3 is 2.30 bits per heavy atom. The summed E-state index contributed by atoms with van der Waals surface area (Å²) in [7, 11) is 4.95. The number of primary amides is 1.